The van der Waals surface area contributed by atoms with Crippen LogP contribution >= 0.6 is 15.9 Å². The average Bonchev–Trinajstić information content (AvgIpc) is 2.33. The highest BCUT2D eigenvalue weighted by Gasteiger charge is 2.11. The van der Waals surface area contributed by atoms with Crippen LogP contribution in [0.3, 0.4) is 0 Å². The molecule has 0 spiro atoms. The summed E-state index contributed by atoms with van der Waals surface area (Å²) in [5.41, 5.74) is 6.47. The molecule has 2 amide bonds. The molecule has 0 heterocycles. The first-order valence-corrected chi connectivity index (χ1v) is 6.79. The molecule has 0 radical (unpaired) electrons. The van der Waals surface area contributed by atoms with Crippen molar-refractivity contribution in [3.8, 4) is 0 Å². The van der Waals surface area contributed by atoms with Gasteiger partial charge in [-0.1, -0.05) is 29.8 Å². The molecule has 1 aromatic rings. The number of carbonyl (C=O) groups is 2. The number of halogens is 1. The molecule has 0 bridgehead atoms. The van der Waals surface area contributed by atoms with Crippen LogP contribution in [0.15, 0.2) is 22.7 Å². The smallest absolute Gasteiger partial charge is 0.253 e. The van der Waals surface area contributed by atoms with Crippen LogP contribution in [-0.4, -0.2) is 24.9 Å². The Kier molecular flexibility index (Phi) is 5.82. The number of nitrogens with two attached hydrogens (primary N) is 1. The van der Waals surface area contributed by atoms with Gasteiger partial charge in [0.1, 0.15) is 0 Å². The second-order valence-corrected chi connectivity index (χ2v) is 5.53. The van der Waals surface area contributed by atoms with Crippen LogP contribution in [0, 0.1) is 5.92 Å². The van der Waals surface area contributed by atoms with Gasteiger partial charge in [0.2, 0.25) is 5.91 Å². The van der Waals surface area contributed by atoms with E-state index in [1.165, 1.54) is 0 Å². The van der Waals surface area contributed by atoms with E-state index in [0.29, 0.717) is 23.7 Å². The SMILES string of the molecule is CC(C)CNC(=O)CNC(=O)c1ccc(Br)cc1N. The maximum atomic E-state index is 11.8. The minimum absolute atomic E-state index is 0.0545. The lowest BCUT2D eigenvalue weighted by atomic mass is 10.1. The van der Waals surface area contributed by atoms with E-state index in [4.69, 9.17) is 5.73 Å². The number of amides is 2. The summed E-state index contributed by atoms with van der Waals surface area (Å²) in [5.74, 6) is -0.191. The Morgan fingerprint density at radius 3 is 2.58 bits per heavy atom. The highest BCUT2D eigenvalue weighted by atomic mass is 79.9. The molecular weight excluding hydrogens is 310 g/mol. The number of benzene rings is 1. The van der Waals surface area contributed by atoms with Crippen LogP contribution in [0.1, 0.15) is 24.2 Å². The van der Waals surface area contributed by atoms with E-state index in [0.717, 1.165) is 4.47 Å². The van der Waals surface area contributed by atoms with E-state index in [-0.39, 0.29) is 18.4 Å². The summed E-state index contributed by atoms with van der Waals surface area (Å²) in [5, 5.41) is 5.26. The number of nitrogens with one attached hydrogen (secondary N) is 2. The summed E-state index contributed by atoms with van der Waals surface area (Å²) in [7, 11) is 0. The largest absolute Gasteiger partial charge is 0.398 e. The van der Waals surface area contributed by atoms with Crippen molar-refractivity contribution in [1.29, 1.82) is 0 Å². The minimum atomic E-state index is -0.357. The van der Waals surface area contributed by atoms with E-state index in [9.17, 15) is 9.59 Å². The number of hydrogen-bond donors (Lipinski definition) is 3. The third-order valence-electron chi connectivity index (χ3n) is 2.38. The molecule has 0 aromatic heterocycles. The lowest BCUT2D eigenvalue weighted by molar-refractivity contribution is -0.120. The quantitative estimate of drug-likeness (QED) is 0.717. The zero-order valence-corrected chi connectivity index (χ0v) is 12.6. The second-order valence-electron chi connectivity index (χ2n) is 4.61. The van der Waals surface area contributed by atoms with Gasteiger partial charge in [-0.15, -0.1) is 0 Å². The van der Waals surface area contributed by atoms with Crippen molar-refractivity contribution < 1.29 is 9.59 Å². The summed E-state index contributed by atoms with van der Waals surface area (Å²) < 4.78 is 0.802. The summed E-state index contributed by atoms with van der Waals surface area (Å²) in [6, 6.07) is 4.98. The van der Waals surface area contributed by atoms with Gasteiger partial charge in [0, 0.05) is 16.7 Å². The van der Waals surface area contributed by atoms with Crippen LogP contribution in [0.25, 0.3) is 0 Å². The number of carbonyl (C=O) groups excluding carboxylic acids is 2. The van der Waals surface area contributed by atoms with Crippen LogP contribution < -0.4 is 16.4 Å². The molecule has 0 saturated heterocycles. The first kappa shape index (κ1) is 15.5. The number of hydrogen-bond acceptors (Lipinski definition) is 3. The molecule has 19 heavy (non-hydrogen) atoms. The van der Waals surface area contributed by atoms with E-state index in [2.05, 4.69) is 26.6 Å². The van der Waals surface area contributed by atoms with Crippen molar-refractivity contribution in [2.24, 2.45) is 5.92 Å². The standard InChI is InChI=1S/C13H18BrN3O2/c1-8(2)6-16-12(18)7-17-13(19)10-4-3-9(14)5-11(10)15/h3-5,8H,6-7,15H2,1-2H3,(H,16,18)(H,17,19). The molecule has 104 valence electrons. The molecule has 0 aliphatic carbocycles. The van der Waals surface area contributed by atoms with Gasteiger partial charge in [-0.05, 0) is 24.1 Å². The fraction of sp³-hybridized carbons (Fsp3) is 0.385. The Balaban J connectivity index is 2.49. The Morgan fingerprint density at radius 1 is 1.32 bits per heavy atom. The molecule has 0 aliphatic rings. The van der Waals surface area contributed by atoms with E-state index >= 15 is 0 Å². The predicted octanol–water partition coefficient (Wildman–Crippen LogP) is 1.53. The molecule has 6 heteroatoms. The van der Waals surface area contributed by atoms with Gasteiger partial charge in [0.15, 0.2) is 0 Å². The van der Waals surface area contributed by atoms with Gasteiger partial charge in [-0.2, -0.15) is 0 Å². The molecule has 5 nitrogen and oxygen atoms in total. The van der Waals surface area contributed by atoms with Crippen LogP contribution in [-0.2, 0) is 4.79 Å². The first-order chi connectivity index (χ1) is 8.90. The number of nitrogen functional groups attached to an aromatic ring is 1. The molecule has 0 atom stereocenters. The van der Waals surface area contributed by atoms with Gasteiger partial charge >= 0.3 is 0 Å². The maximum Gasteiger partial charge on any atom is 0.253 e. The molecule has 1 rings (SSSR count). The lowest BCUT2D eigenvalue weighted by Gasteiger charge is -2.09. The third-order valence-corrected chi connectivity index (χ3v) is 2.87. The monoisotopic (exact) mass is 327 g/mol. The molecule has 4 N–H and O–H groups in total. The van der Waals surface area contributed by atoms with E-state index < -0.39 is 0 Å². The summed E-state index contributed by atoms with van der Waals surface area (Å²) >= 11 is 3.27. The normalized spacial score (nSPS) is 10.3. The average molecular weight is 328 g/mol. The summed E-state index contributed by atoms with van der Waals surface area (Å²) in [6.45, 7) is 4.54. The molecule has 0 aliphatic heterocycles. The highest BCUT2D eigenvalue weighted by molar-refractivity contribution is 9.10. The molecule has 1 aromatic carbocycles. The summed E-state index contributed by atoms with van der Waals surface area (Å²) in [4.78, 5) is 23.3. The fourth-order valence-electron chi connectivity index (χ4n) is 1.38. The highest BCUT2D eigenvalue weighted by Crippen LogP contribution is 2.18. The summed E-state index contributed by atoms with van der Waals surface area (Å²) in [6.07, 6.45) is 0. The van der Waals surface area contributed by atoms with E-state index in [1.54, 1.807) is 18.2 Å². The van der Waals surface area contributed by atoms with Crippen molar-refractivity contribution >= 4 is 33.4 Å². The van der Waals surface area contributed by atoms with Crippen LogP contribution in [0.5, 0.6) is 0 Å². The third kappa shape index (κ3) is 5.30. The number of rotatable bonds is 5. The first-order valence-electron chi connectivity index (χ1n) is 6.00. The molecule has 0 saturated carbocycles. The van der Waals surface area contributed by atoms with Gasteiger partial charge < -0.3 is 16.4 Å². The topological polar surface area (TPSA) is 84.2 Å². The zero-order valence-electron chi connectivity index (χ0n) is 11.0. The number of anilines is 1. The van der Waals surface area contributed by atoms with Crippen molar-refractivity contribution in [2.45, 2.75) is 13.8 Å². The second kappa shape index (κ2) is 7.13. The Morgan fingerprint density at radius 2 is 2.00 bits per heavy atom. The molecule has 0 unspecified atom stereocenters. The van der Waals surface area contributed by atoms with Crippen molar-refractivity contribution in [2.75, 3.05) is 18.8 Å². The van der Waals surface area contributed by atoms with Crippen molar-refractivity contribution in [1.82, 2.24) is 10.6 Å². The van der Waals surface area contributed by atoms with Crippen LogP contribution in [0.4, 0.5) is 5.69 Å². The van der Waals surface area contributed by atoms with Gasteiger partial charge in [-0.25, -0.2) is 0 Å². The minimum Gasteiger partial charge on any atom is -0.398 e. The zero-order chi connectivity index (χ0) is 14.4. The Bertz CT molecular complexity index is 475. The predicted molar refractivity (Wildman–Crippen MR) is 78.7 cm³/mol. The molecular formula is C13H18BrN3O2. The Labute approximate surface area is 121 Å². The van der Waals surface area contributed by atoms with Crippen molar-refractivity contribution in [3.63, 3.8) is 0 Å². The van der Waals surface area contributed by atoms with Crippen molar-refractivity contribution in [3.05, 3.63) is 28.2 Å². The lowest BCUT2D eigenvalue weighted by Crippen LogP contribution is -2.38. The van der Waals surface area contributed by atoms with Gasteiger partial charge in [0.05, 0.1) is 12.1 Å². The molecule has 0 fully saturated rings. The fourth-order valence-corrected chi connectivity index (χ4v) is 1.76. The maximum absolute atomic E-state index is 11.8. The van der Waals surface area contributed by atoms with Gasteiger partial charge in [-0.3, -0.25) is 9.59 Å². The van der Waals surface area contributed by atoms with E-state index in [1.807, 2.05) is 13.8 Å². The van der Waals surface area contributed by atoms with Gasteiger partial charge in [0.25, 0.3) is 5.91 Å². The Hall–Kier alpha value is -1.56. The van der Waals surface area contributed by atoms with Crippen LogP contribution in [0.2, 0.25) is 0 Å².